The number of hydrogen-bond acceptors (Lipinski definition) is 8. The van der Waals surface area contributed by atoms with E-state index in [4.69, 9.17) is 16.3 Å². The third kappa shape index (κ3) is 5.52. The lowest BCUT2D eigenvalue weighted by Crippen LogP contribution is -2.62. The highest BCUT2D eigenvalue weighted by Crippen LogP contribution is 2.47. The number of carbonyl (C=O) groups excluding carboxylic acids is 2. The number of pyridine rings is 1. The van der Waals surface area contributed by atoms with Crippen LogP contribution in [0.25, 0.3) is 4.91 Å². The highest BCUT2D eigenvalue weighted by Gasteiger charge is 2.50. The summed E-state index contributed by atoms with van der Waals surface area (Å²) in [6, 6.07) is 4.73. The van der Waals surface area contributed by atoms with Gasteiger partial charge in [-0.25, -0.2) is 22.5 Å². The van der Waals surface area contributed by atoms with Gasteiger partial charge in [0.25, 0.3) is 5.91 Å². The predicted octanol–water partition coefficient (Wildman–Crippen LogP) is 4.26. The number of amides is 3. The average Bonchev–Trinajstić information content (AvgIpc) is 3.33. The number of nitrogens with zero attached hydrogens (tertiary/aromatic N) is 4. The Kier molecular flexibility index (Phi) is 8.18. The second kappa shape index (κ2) is 11.1. The number of nitriles is 1. The van der Waals surface area contributed by atoms with E-state index in [1.165, 1.54) is 62.1 Å². The molecule has 0 aliphatic carbocycles. The molecule has 208 valence electrons. The quantitative estimate of drug-likeness (QED) is 0.450. The molecule has 13 heteroatoms. The molecule has 9 nitrogen and oxygen atoms in total. The van der Waals surface area contributed by atoms with Gasteiger partial charge >= 0.3 is 6.03 Å². The number of sulfone groups is 1. The summed E-state index contributed by atoms with van der Waals surface area (Å²) in [6.07, 6.45) is 5.57. The van der Waals surface area contributed by atoms with Crippen LogP contribution in [0.5, 0.6) is 5.75 Å². The van der Waals surface area contributed by atoms with Crippen molar-refractivity contribution in [2.24, 2.45) is 0 Å². The van der Waals surface area contributed by atoms with Gasteiger partial charge in [0.05, 0.1) is 42.5 Å². The number of urea groups is 1. The molecule has 0 bridgehead atoms. The van der Waals surface area contributed by atoms with Crippen molar-refractivity contribution in [1.82, 2.24) is 9.88 Å². The van der Waals surface area contributed by atoms with Gasteiger partial charge in [-0.3, -0.25) is 9.78 Å². The molecule has 1 aromatic carbocycles. The minimum absolute atomic E-state index is 0.0239. The largest absolute Gasteiger partial charge is 0.494 e. The summed E-state index contributed by atoms with van der Waals surface area (Å²) in [6.45, 7) is 3.01. The van der Waals surface area contributed by atoms with Crippen molar-refractivity contribution in [3.8, 4) is 23.7 Å². The van der Waals surface area contributed by atoms with Crippen molar-refractivity contribution in [3.05, 3.63) is 58.6 Å². The van der Waals surface area contributed by atoms with Gasteiger partial charge in [-0.2, -0.15) is 5.26 Å². The Morgan fingerprint density at radius 1 is 1.25 bits per heavy atom. The number of anilines is 1. The zero-order valence-electron chi connectivity index (χ0n) is 21.9. The fourth-order valence-corrected chi connectivity index (χ4v) is 5.93. The second-order valence-corrected chi connectivity index (χ2v) is 13.7. The zero-order chi connectivity index (χ0) is 29.4. The van der Waals surface area contributed by atoms with Crippen molar-refractivity contribution in [2.45, 2.75) is 36.3 Å². The normalized spacial score (nSPS) is 19.0. The van der Waals surface area contributed by atoms with E-state index >= 15 is 0 Å². The molecule has 2 aliphatic rings. The summed E-state index contributed by atoms with van der Waals surface area (Å²) in [5.41, 5.74) is 0.900. The molecule has 3 amide bonds. The molecule has 3 heterocycles. The summed E-state index contributed by atoms with van der Waals surface area (Å²) in [4.78, 5) is 34.5. The number of methoxy groups -OCH3 is 1. The number of ether oxygens (including phenoxy) is 1. The molecule has 1 aromatic heterocycles. The van der Waals surface area contributed by atoms with Crippen molar-refractivity contribution < 1.29 is 27.1 Å². The third-order valence-corrected chi connectivity index (χ3v) is 10.1. The van der Waals surface area contributed by atoms with Gasteiger partial charge in [-0.15, -0.1) is 11.8 Å². The Labute approximate surface area is 240 Å². The van der Waals surface area contributed by atoms with E-state index in [2.05, 4.69) is 16.8 Å². The van der Waals surface area contributed by atoms with Crippen LogP contribution in [0, 0.1) is 29.0 Å². The highest BCUT2D eigenvalue weighted by molar-refractivity contribution is 8.09. The summed E-state index contributed by atoms with van der Waals surface area (Å²) < 4.78 is 41.9. The Morgan fingerprint density at radius 3 is 2.62 bits per heavy atom. The molecule has 1 fully saturated rings. The van der Waals surface area contributed by atoms with Gasteiger partial charge in [0, 0.05) is 35.0 Å². The van der Waals surface area contributed by atoms with Gasteiger partial charge in [0.1, 0.15) is 10.00 Å². The number of imide groups is 1. The first-order chi connectivity index (χ1) is 18.8. The van der Waals surface area contributed by atoms with Crippen LogP contribution in [0.3, 0.4) is 0 Å². The molecule has 2 aromatic rings. The molecule has 2 aliphatic heterocycles. The number of carbonyl (C=O) groups is 2. The van der Waals surface area contributed by atoms with E-state index in [0.717, 1.165) is 17.2 Å². The topological polar surface area (TPSA) is 121 Å². The van der Waals surface area contributed by atoms with E-state index in [0.29, 0.717) is 16.0 Å². The van der Waals surface area contributed by atoms with E-state index < -0.39 is 43.6 Å². The lowest BCUT2D eigenvalue weighted by molar-refractivity contribution is -0.119. The predicted molar refractivity (Wildman–Crippen MR) is 151 cm³/mol. The van der Waals surface area contributed by atoms with Crippen LogP contribution in [0.1, 0.15) is 31.4 Å². The minimum atomic E-state index is -3.48. The van der Waals surface area contributed by atoms with Crippen molar-refractivity contribution in [3.63, 3.8) is 0 Å². The molecule has 0 saturated carbocycles. The molecule has 0 radical (unpaired) electrons. The lowest BCUT2D eigenvalue weighted by atomic mass is 10.0. The molecule has 40 heavy (non-hydrogen) atoms. The maximum absolute atomic E-state index is 14.2. The van der Waals surface area contributed by atoms with E-state index in [1.54, 1.807) is 6.08 Å². The Morgan fingerprint density at radius 2 is 1.98 bits per heavy atom. The standard InChI is InChI=1S/C27H24ClFN4O5S2/c1-27(2,40(4,36)37)7-6-16-10-17(15-31-14-16)33-25(34)24-21(32(26(33)35)9-5-8-30)13-23(39-24)18-11-22(38-3)20(29)12-19(18)28/h10-15,21,24H,5,9H2,1-4H3. The number of benzene rings is 1. The lowest BCUT2D eigenvalue weighted by Gasteiger charge is -2.40. The number of hydrogen-bond donors (Lipinski definition) is 0. The van der Waals surface area contributed by atoms with Gasteiger partial charge in [0.15, 0.2) is 21.4 Å². The third-order valence-electron chi connectivity index (χ3n) is 6.54. The maximum atomic E-state index is 14.2. The van der Waals surface area contributed by atoms with Crippen molar-refractivity contribution in [2.75, 3.05) is 24.8 Å². The first kappa shape index (κ1) is 29.4. The van der Waals surface area contributed by atoms with Gasteiger partial charge < -0.3 is 9.64 Å². The van der Waals surface area contributed by atoms with Crippen LogP contribution < -0.4 is 9.64 Å². The summed E-state index contributed by atoms with van der Waals surface area (Å²) >= 11 is 7.49. The van der Waals surface area contributed by atoms with Crippen molar-refractivity contribution >= 4 is 55.7 Å². The van der Waals surface area contributed by atoms with E-state index in [-0.39, 0.29) is 29.4 Å². The van der Waals surface area contributed by atoms with Gasteiger partial charge in [-0.1, -0.05) is 23.4 Å². The monoisotopic (exact) mass is 602 g/mol. The smallest absolute Gasteiger partial charge is 0.332 e. The van der Waals surface area contributed by atoms with Crippen LogP contribution in [0.15, 0.2) is 36.7 Å². The molecular weight excluding hydrogens is 579 g/mol. The molecule has 2 atom stereocenters. The second-order valence-electron chi connectivity index (χ2n) is 9.55. The molecular formula is C27H24ClFN4O5S2. The first-order valence-electron chi connectivity index (χ1n) is 11.9. The van der Waals surface area contributed by atoms with Crippen molar-refractivity contribution in [1.29, 1.82) is 5.26 Å². The van der Waals surface area contributed by atoms with Crippen LogP contribution >= 0.6 is 23.4 Å². The van der Waals surface area contributed by atoms with Crippen LogP contribution in [-0.4, -0.2) is 66.2 Å². The Hall–Kier alpha value is -3.58. The van der Waals surface area contributed by atoms with Gasteiger partial charge in [-0.05, 0) is 38.1 Å². The summed E-state index contributed by atoms with van der Waals surface area (Å²) in [7, 11) is -2.15. The van der Waals surface area contributed by atoms with Crippen LogP contribution in [0.4, 0.5) is 14.9 Å². The SMILES string of the molecule is COc1cc(C2=CC3C(S2)C(=O)N(c2cncc(C#CC(C)(C)S(C)(=O)=O)c2)C(=O)N3CCC#N)c(Cl)cc1F. The molecule has 2 unspecified atom stereocenters. The number of aromatic nitrogens is 1. The van der Waals surface area contributed by atoms with Crippen LogP contribution in [0.2, 0.25) is 5.02 Å². The fourth-order valence-electron chi connectivity index (χ4n) is 4.03. The number of rotatable bonds is 6. The minimum Gasteiger partial charge on any atom is -0.494 e. The zero-order valence-corrected chi connectivity index (χ0v) is 24.3. The Bertz CT molecular complexity index is 1640. The van der Waals surface area contributed by atoms with E-state index in [1.807, 2.05) is 6.07 Å². The van der Waals surface area contributed by atoms with E-state index in [9.17, 15) is 27.7 Å². The number of thioether (sulfide) groups is 1. The summed E-state index contributed by atoms with van der Waals surface area (Å²) in [5.74, 6) is 4.30. The molecule has 4 rings (SSSR count). The Balaban J connectivity index is 1.72. The number of halogens is 2. The molecule has 0 N–H and O–H groups in total. The summed E-state index contributed by atoms with van der Waals surface area (Å²) in [5, 5.41) is 8.54. The van der Waals surface area contributed by atoms with Crippen LogP contribution in [-0.2, 0) is 14.6 Å². The number of fused-ring (bicyclic) bond motifs is 1. The maximum Gasteiger partial charge on any atom is 0.332 e. The first-order valence-corrected chi connectivity index (χ1v) is 15.0. The van der Waals surface area contributed by atoms with Gasteiger partial charge in [0.2, 0.25) is 0 Å². The molecule has 0 spiro atoms. The molecule has 1 saturated heterocycles. The fraction of sp³-hybridized carbons (Fsp3) is 0.333. The highest BCUT2D eigenvalue weighted by atomic mass is 35.5. The average molecular weight is 603 g/mol.